The molecule has 0 N–H and O–H groups in total. The minimum absolute atomic E-state index is 0.0121. The molecule has 0 bridgehead atoms. The van der Waals surface area contributed by atoms with E-state index in [1.54, 1.807) is 36.4 Å². The van der Waals surface area contributed by atoms with Crippen LogP contribution in [0.5, 0.6) is 0 Å². The number of hydrogen-bond donors (Lipinski definition) is 0. The summed E-state index contributed by atoms with van der Waals surface area (Å²) in [6.45, 7) is 0.0121. The Hall–Kier alpha value is -1.92. The largest absolute Gasteiger partial charge is 0.330 e. The Labute approximate surface area is 151 Å². The summed E-state index contributed by atoms with van der Waals surface area (Å²) in [6, 6.07) is 12.2. The lowest BCUT2D eigenvalue weighted by Gasteiger charge is -2.28. The van der Waals surface area contributed by atoms with E-state index in [1.807, 2.05) is 0 Å². The van der Waals surface area contributed by atoms with Crippen LogP contribution in [-0.2, 0) is 16.4 Å². The van der Waals surface area contributed by atoms with Gasteiger partial charge in [0.15, 0.2) is 9.84 Å². The van der Waals surface area contributed by atoms with E-state index in [9.17, 15) is 17.6 Å². The number of benzene rings is 2. The average Bonchev–Trinajstić information content (AvgIpc) is 2.93. The first-order chi connectivity index (χ1) is 11.9. The average molecular weight is 382 g/mol. The van der Waals surface area contributed by atoms with E-state index < -0.39 is 21.7 Å². The second-order valence-corrected chi connectivity index (χ2v) is 8.76. The second-order valence-electron chi connectivity index (χ2n) is 6.09. The van der Waals surface area contributed by atoms with Crippen LogP contribution in [0, 0.1) is 5.82 Å². The van der Waals surface area contributed by atoms with Gasteiger partial charge in [0, 0.05) is 28.7 Å². The van der Waals surface area contributed by atoms with Crippen LogP contribution in [0.1, 0.15) is 22.3 Å². The van der Waals surface area contributed by atoms with E-state index in [2.05, 4.69) is 0 Å². The molecule has 1 amide bonds. The first kappa shape index (κ1) is 17.9. The minimum Gasteiger partial charge on any atom is -0.330 e. The first-order valence-corrected chi connectivity index (χ1v) is 10.1. The molecule has 1 atom stereocenters. The van der Waals surface area contributed by atoms with Crippen LogP contribution in [0.4, 0.5) is 4.39 Å². The smallest absolute Gasteiger partial charge is 0.254 e. The molecule has 1 unspecified atom stereocenters. The summed E-state index contributed by atoms with van der Waals surface area (Å²) in [5, 5.41) is 0.413. The van der Waals surface area contributed by atoms with Crippen LogP contribution < -0.4 is 0 Å². The van der Waals surface area contributed by atoms with Crippen molar-refractivity contribution in [2.45, 2.75) is 19.0 Å². The number of amides is 1. The zero-order chi connectivity index (χ0) is 18.0. The van der Waals surface area contributed by atoms with Crippen molar-refractivity contribution in [1.29, 1.82) is 0 Å². The van der Waals surface area contributed by atoms with Gasteiger partial charge in [-0.3, -0.25) is 4.79 Å². The fraction of sp³-hybridized carbons (Fsp3) is 0.278. The molecular weight excluding hydrogens is 365 g/mol. The molecule has 2 aromatic rings. The fourth-order valence-corrected chi connectivity index (χ4v) is 4.91. The standard InChI is InChI=1S/C18H17ClFNO3S/c19-15-6-3-5-13(10-15)18(22)21(16-8-9-25(23,24)12-16)11-14-4-1-2-7-17(14)20/h1-7,10,16H,8-9,11-12H2. The molecule has 0 aliphatic carbocycles. The van der Waals surface area contributed by atoms with Gasteiger partial charge in [-0.2, -0.15) is 0 Å². The maximum atomic E-state index is 14.0. The van der Waals surface area contributed by atoms with E-state index >= 15 is 0 Å². The number of rotatable bonds is 4. The summed E-state index contributed by atoms with van der Waals surface area (Å²) in [5.74, 6) is -0.845. The molecule has 0 spiro atoms. The van der Waals surface area contributed by atoms with Crippen LogP contribution in [0.15, 0.2) is 48.5 Å². The van der Waals surface area contributed by atoms with E-state index in [1.165, 1.54) is 17.0 Å². The Bertz CT molecular complexity index is 901. The number of hydrogen-bond acceptors (Lipinski definition) is 3. The van der Waals surface area contributed by atoms with Crippen molar-refractivity contribution < 1.29 is 17.6 Å². The summed E-state index contributed by atoms with van der Waals surface area (Å²) in [5.41, 5.74) is 0.704. The van der Waals surface area contributed by atoms with Crippen LogP contribution in [0.25, 0.3) is 0 Å². The summed E-state index contributed by atoms with van der Waals surface area (Å²) in [7, 11) is -3.18. The van der Waals surface area contributed by atoms with Crippen LogP contribution >= 0.6 is 11.6 Å². The normalized spacial score (nSPS) is 18.9. The van der Waals surface area contributed by atoms with Gasteiger partial charge >= 0.3 is 0 Å². The molecular formula is C18H17ClFNO3S. The van der Waals surface area contributed by atoms with Gasteiger partial charge in [-0.15, -0.1) is 0 Å². The van der Waals surface area contributed by atoms with Gasteiger partial charge in [0.05, 0.1) is 11.5 Å². The van der Waals surface area contributed by atoms with Crippen molar-refractivity contribution in [3.05, 3.63) is 70.5 Å². The summed E-state index contributed by atoms with van der Waals surface area (Å²) < 4.78 is 37.7. The van der Waals surface area contributed by atoms with E-state index in [0.717, 1.165) is 0 Å². The molecule has 1 fully saturated rings. The predicted octanol–water partition coefficient (Wildman–Crippen LogP) is 3.31. The molecule has 1 aliphatic rings. The highest BCUT2D eigenvalue weighted by atomic mass is 35.5. The SMILES string of the molecule is O=C(c1cccc(Cl)c1)N(Cc1ccccc1F)C1CCS(=O)(=O)C1. The lowest BCUT2D eigenvalue weighted by atomic mass is 10.1. The first-order valence-electron chi connectivity index (χ1n) is 7.86. The van der Waals surface area contributed by atoms with Gasteiger partial charge in [-0.1, -0.05) is 35.9 Å². The quantitative estimate of drug-likeness (QED) is 0.816. The molecule has 0 radical (unpaired) electrons. The fourth-order valence-electron chi connectivity index (χ4n) is 2.99. The van der Waals surface area contributed by atoms with Crippen molar-refractivity contribution in [3.8, 4) is 0 Å². The Morgan fingerprint density at radius 2 is 1.96 bits per heavy atom. The van der Waals surface area contributed by atoms with Crippen molar-refractivity contribution in [2.75, 3.05) is 11.5 Å². The Balaban J connectivity index is 1.94. The van der Waals surface area contributed by atoms with Crippen molar-refractivity contribution >= 4 is 27.3 Å². The second kappa shape index (κ2) is 7.14. The maximum Gasteiger partial charge on any atom is 0.254 e. The molecule has 25 heavy (non-hydrogen) atoms. The Morgan fingerprint density at radius 1 is 1.20 bits per heavy atom. The van der Waals surface area contributed by atoms with Crippen LogP contribution in [0.3, 0.4) is 0 Å². The molecule has 1 heterocycles. The third kappa shape index (κ3) is 4.19. The maximum absolute atomic E-state index is 14.0. The molecule has 1 saturated heterocycles. The zero-order valence-electron chi connectivity index (χ0n) is 13.4. The predicted molar refractivity (Wildman–Crippen MR) is 94.8 cm³/mol. The highest BCUT2D eigenvalue weighted by molar-refractivity contribution is 7.91. The van der Waals surface area contributed by atoms with Crippen molar-refractivity contribution in [3.63, 3.8) is 0 Å². The number of sulfone groups is 1. The third-order valence-corrected chi connectivity index (χ3v) is 6.27. The monoisotopic (exact) mass is 381 g/mol. The van der Waals surface area contributed by atoms with E-state index in [-0.39, 0.29) is 24.0 Å². The van der Waals surface area contributed by atoms with Gasteiger partial charge in [0.1, 0.15) is 5.82 Å². The lowest BCUT2D eigenvalue weighted by Crippen LogP contribution is -2.40. The van der Waals surface area contributed by atoms with E-state index in [0.29, 0.717) is 22.6 Å². The Morgan fingerprint density at radius 3 is 2.60 bits per heavy atom. The zero-order valence-corrected chi connectivity index (χ0v) is 14.9. The van der Waals surface area contributed by atoms with Crippen LogP contribution in [-0.4, -0.2) is 36.8 Å². The van der Waals surface area contributed by atoms with Gasteiger partial charge < -0.3 is 4.90 Å². The van der Waals surface area contributed by atoms with Crippen LogP contribution in [0.2, 0.25) is 5.02 Å². The number of nitrogens with zero attached hydrogens (tertiary/aromatic N) is 1. The van der Waals surface area contributed by atoms with Crippen molar-refractivity contribution in [2.24, 2.45) is 0 Å². The highest BCUT2D eigenvalue weighted by Gasteiger charge is 2.35. The number of halogens is 2. The summed E-state index contributed by atoms with van der Waals surface area (Å²) >= 11 is 5.96. The molecule has 0 aromatic heterocycles. The van der Waals surface area contributed by atoms with Gasteiger partial charge in [0.25, 0.3) is 5.91 Å². The van der Waals surface area contributed by atoms with E-state index in [4.69, 9.17) is 11.6 Å². The molecule has 132 valence electrons. The summed E-state index contributed by atoms with van der Waals surface area (Å²) in [6.07, 6.45) is 0.350. The van der Waals surface area contributed by atoms with Gasteiger partial charge in [0.2, 0.25) is 0 Å². The molecule has 1 aliphatic heterocycles. The minimum atomic E-state index is -3.18. The number of carbonyl (C=O) groups excluding carboxylic acids is 1. The summed E-state index contributed by atoms with van der Waals surface area (Å²) in [4.78, 5) is 14.4. The lowest BCUT2D eigenvalue weighted by molar-refractivity contribution is 0.0679. The van der Waals surface area contributed by atoms with Crippen molar-refractivity contribution in [1.82, 2.24) is 4.90 Å². The molecule has 3 rings (SSSR count). The highest BCUT2D eigenvalue weighted by Crippen LogP contribution is 2.24. The Kier molecular flexibility index (Phi) is 5.11. The third-order valence-electron chi connectivity index (χ3n) is 4.28. The molecule has 2 aromatic carbocycles. The molecule has 0 saturated carbocycles. The van der Waals surface area contributed by atoms with Gasteiger partial charge in [-0.05, 0) is 30.7 Å². The van der Waals surface area contributed by atoms with Gasteiger partial charge in [-0.25, -0.2) is 12.8 Å². The molecule has 4 nitrogen and oxygen atoms in total. The topological polar surface area (TPSA) is 54.5 Å². The molecule has 7 heteroatoms. The number of carbonyl (C=O) groups is 1.